The number of carbonyl (C=O) groups excluding carboxylic acids is 1. The first kappa shape index (κ1) is 20.6. The molecule has 27 heavy (non-hydrogen) atoms. The van der Waals surface area contributed by atoms with Crippen molar-refractivity contribution in [2.24, 2.45) is 0 Å². The maximum atomic E-state index is 12.4. The molecule has 0 saturated carbocycles. The number of halogens is 3. The predicted molar refractivity (Wildman–Crippen MR) is 93.0 cm³/mol. The van der Waals surface area contributed by atoms with E-state index < -0.39 is 31.1 Å². The highest BCUT2D eigenvalue weighted by Gasteiger charge is 2.28. The molecule has 0 aliphatic heterocycles. The van der Waals surface area contributed by atoms with E-state index in [1.54, 1.807) is 45.0 Å². The van der Waals surface area contributed by atoms with Crippen LogP contribution < -0.4 is 5.32 Å². The SMILES string of the molecule is CC(C)(C)OC(=O)Nc1cnc(-c2ccccc2)nc1COCC(F)(F)F. The Kier molecular flexibility index (Phi) is 6.37. The van der Waals surface area contributed by atoms with Crippen molar-refractivity contribution in [3.63, 3.8) is 0 Å². The minimum Gasteiger partial charge on any atom is -0.444 e. The van der Waals surface area contributed by atoms with E-state index in [-0.39, 0.29) is 11.4 Å². The number of rotatable bonds is 5. The standard InChI is InChI=1S/C18H20F3N3O3/c1-17(2,3)27-16(25)24-13-9-22-15(12-7-5-4-6-8-12)23-14(13)10-26-11-18(19,20)21/h4-9H,10-11H2,1-3H3,(H,24,25). The van der Waals surface area contributed by atoms with Gasteiger partial charge in [-0.1, -0.05) is 30.3 Å². The Morgan fingerprint density at radius 1 is 1.15 bits per heavy atom. The largest absolute Gasteiger partial charge is 0.444 e. The van der Waals surface area contributed by atoms with Crippen molar-refractivity contribution in [2.75, 3.05) is 11.9 Å². The average Bonchev–Trinajstić information content (AvgIpc) is 2.54. The molecule has 0 radical (unpaired) electrons. The first-order valence-corrected chi connectivity index (χ1v) is 8.09. The third kappa shape index (κ3) is 7.22. The van der Waals surface area contributed by atoms with Crippen molar-refractivity contribution in [3.05, 3.63) is 42.2 Å². The van der Waals surface area contributed by atoms with Crippen LogP contribution in [-0.2, 0) is 16.1 Å². The minimum absolute atomic E-state index is 0.110. The van der Waals surface area contributed by atoms with Gasteiger partial charge in [0, 0.05) is 5.56 Å². The van der Waals surface area contributed by atoms with Crippen LogP contribution in [0, 0.1) is 0 Å². The fourth-order valence-corrected chi connectivity index (χ4v) is 2.03. The first-order valence-electron chi connectivity index (χ1n) is 8.09. The molecule has 6 nitrogen and oxygen atoms in total. The summed E-state index contributed by atoms with van der Waals surface area (Å²) in [6.45, 7) is 3.19. The van der Waals surface area contributed by atoms with Gasteiger partial charge in [-0.2, -0.15) is 13.2 Å². The fraction of sp³-hybridized carbons (Fsp3) is 0.389. The molecule has 1 N–H and O–H groups in total. The number of hydrogen-bond donors (Lipinski definition) is 1. The van der Waals surface area contributed by atoms with Gasteiger partial charge >= 0.3 is 12.3 Å². The molecule has 0 saturated heterocycles. The number of nitrogens with zero attached hydrogens (tertiary/aromatic N) is 2. The lowest BCUT2D eigenvalue weighted by molar-refractivity contribution is -0.176. The average molecular weight is 383 g/mol. The highest BCUT2D eigenvalue weighted by molar-refractivity contribution is 5.85. The van der Waals surface area contributed by atoms with Crippen LogP contribution in [0.1, 0.15) is 26.5 Å². The van der Waals surface area contributed by atoms with Crippen molar-refractivity contribution < 1.29 is 27.4 Å². The number of amides is 1. The van der Waals surface area contributed by atoms with E-state index in [9.17, 15) is 18.0 Å². The van der Waals surface area contributed by atoms with Crippen LogP contribution in [0.5, 0.6) is 0 Å². The van der Waals surface area contributed by atoms with Crippen molar-refractivity contribution in [1.29, 1.82) is 0 Å². The second kappa shape index (κ2) is 8.34. The van der Waals surface area contributed by atoms with Crippen LogP contribution in [0.15, 0.2) is 36.5 Å². The van der Waals surface area contributed by atoms with E-state index >= 15 is 0 Å². The molecule has 1 aromatic heterocycles. The van der Waals surface area contributed by atoms with Crippen LogP contribution in [0.4, 0.5) is 23.7 Å². The minimum atomic E-state index is -4.46. The Morgan fingerprint density at radius 3 is 2.41 bits per heavy atom. The molecule has 0 spiro atoms. The molecule has 2 aromatic rings. The normalized spacial score (nSPS) is 11.9. The lowest BCUT2D eigenvalue weighted by Gasteiger charge is -2.20. The zero-order chi connectivity index (χ0) is 20.1. The molecule has 2 rings (SSSR count). The Hall–Kier alpha value is -2.68. The van der Waals surface area contributed by atoms with Gasteiger partial charge in [0.2, 0.25) is 0 Å². The second-order valence-electron chi connectivity index (χ2n) is 6.65. The highest BCUT2D eigenvalue weighted by Crippen LogP contribution is 2.22. The van der Waals surface area contributed by atoms with Crippen LogP contribution in [-0.4, -0.2) is 34.4 Å². The monoisotopic (exact) mass is 383 g/mol. The first-order chi connectivity index (χ1) is 12.5. The molecule has 0 atom stereocenters. The van der Waals surface area contributed by atoms with Crippen LogP contribution >= 0.6 is 0 Å². The van der Waals surface area contributed by atoms with Crippen LogP contribution in [0.3, 0.4) is 0 Å². The topological polar surface area (TPSA) is 73.3 Å². The third-order valence-electron chi connectivity index (χ3n) is 3.04. The molecule has 9 heteroatoms. The van der Waals surface area contributed by atoms with Crippen molar-refractivity contribution in [1.82, 2.24) is 9.97 Å². The smallest absolute Gasteiger partial charge is 0.412 e. The van der Waals surface area contributed by atoms with Gasteiger partial charge in [0.15, 0.2) is 5.82 Å². The molecule has 1 aromatic carbocycles. The molecule has 1 heterocycles. The highest BCUT2D eigenvalue weighted by atomic mass is 19.4. The van der Waals surface area contributed by atoms with E-state index in [0.717, 1.165) is 0 Å². The lowest BCUT2D eigenvalue weighted by Crippen LogP contribution is -2.28. The van der Waals surface area contributed by atoms with Gasteiger partial charge in [0.25, 0.3) is 0 Å². The number of aromatic nitrogens is 2. The summed E-state index contributed by atoms with van der Waals surface area (Å²) in [4.78, 5) is 20.4. The lowest BCUT2D eigenvalue weighted by atomic mass is 10.2. The van der Waals surface area contributed by atoms with Crippen LogP contribution in [0.25, 0.3) is 11.4 Å². The Bertz CT molecular complexity index is 775. The predicted octanol–water partition coefficient (Wildman–Crippen LogP) is 4.57. The third-order valence-corrected chi connectivity index (χ3v) is 3.04. The molecule has 146 valence electrons. The summed E-state index contributed by atoms with van der Waals surface area (Å²) in [5.41, 5.74) is 0.172. The van der Waals surface area contributed by atoms with E-state index in [4.69, 9.17) is 9.47 Å². The van der Waals surface area contributed by atoms with Gasteiger partial charge in [-0.25, -0.2) is 14.8 Å². The zero-order valence-electron chi connectivity index (χ0n) is 15.1. The number of alkyl halides is 3. The molecule has 0 fully saturated rings. The van der Waals surface area contributed by atoms with E-state index in [1.165, 1.54) is 6.20 Å². The molecular formula is C18H20F3N3O3. The Labute approximate surface area is 154 Å². The van der Waals surface area contributed by atoms with Crippen molar-refractivity contribution in [3.8, 4) is 11.4 Å². The number of nitrogens with one attached hydrogen (secondary N) is 1. The van der Waals surface area contributed by atoms with Gasteiger partial charge in [-0.3, -0.25) is 5.32 Å². The quantitative estimate of drug-likeness (QED) is 0.819. The maximum Gasteiger partial charge on any atom is 0.412 e. The van der Waals surface area contributed by atoms with Gasteiger partial charge in [-0.05, 0) is 20.8 Å². The molecule has 0 unspecified atom stereocenters. The maximum absolute atomic E-state index is 12.4. The number of hydrogen-bond acceptors (Lipinski definition) is 5. The molecule has 0 aliphatic rings. The molecule has 0 aliphatic carbocycles. The van der Waals surface area contributed by atoms with Gasteiger partial charge in [-0.15, -0.1) is 0 Å². The van der Waals surface area contributed by atoms with Crippen LogP contribution in [0.2, 0.25) is 0 Å². The van der Waals surface area contributed by atoms with Gasteiger partial charge < -0.3 is 9.47 Å². The number of ether oxygens (including phenoxy) is 2. The van der Waals surface area contributed by atoms with Gasteiger partial charge in [0.05, 0.1) is 24.2 Å². The summed E-state index contributed by atoms with van der Waals surface area (Å²) in [5, 5.41) is 2.45. The summed E-state index contributed by atoms with van der Waals surface area (Å²) in [7, 11) is 0. The van der Waals surface area contributed by atoms with E-state index in [2.05, 4.69) is 15.3 Å². The second-order valence-corrected chi connectivity index (χ2v) is 6.65. The summed E-state index contributed by atoms with van der Waals surface area (Å²) in [5.74, 6) is 0.302. The molecule has 0 bridgehead atoms. The van der Waals surface area contributed by atoms with E-state index in [0.29, 0.717) is 11.4 Å². The summed E-state index contributed by atoms with van der Waals surface area (Å²) >= 11 is 0. The number of anilines is 1. The Morgan fingerprint density at radius 2 is 1.81 bits per heavy atom. The zero-order valence-corrected chi connectivity index (χ0v) is 15.1. The molecular weight excluding hydrogens is 363 g/mol. The number of benzene rings is 1. The number of carbonyl (C=O) groups is 1. The summed E-state index contributed by atoms with van der Waals surface area (Å²) < 4.78 is 46.9. The fourth-order valence-electron chi connectivity index (χ4n) is 2.03. The van der Waals surface area contributed by atoms with Gasteiger partial charge in [0.1, 0.15) is 12.2 Å². The summed E-state index contributed by atoms with van der Waals surface area (Å²) in [6.07, 6.45) is -3.92. The summed E-state index contributed by atoms with van der Waals surface area (Å²) in [6, 6.07) is 8.90. The van der Waals surface area contributed by atoms with Crippen molar-refractivity contribution in [2.45, 2.75) is 39.2 Å². The van der Waals surface area contributed by atoms with E-state index in [1.807, 2.05) is 6.07 Å². The van der Waals surface area contributed by atoms with Crippen molar-refractivity contribution >= 4 is 11.8 Å². The Balaban J connectivity index is 2.24. The molecule has 1 amide bonds.